The number of hydrogen-bond donors (Lipinski definition) is 1. The fraction of sp³-hybridized carbons (Fsp3) is 0.105. The maximum absolute atomic E-state index is 12.6. The highest BCUT2D eigenvalue weighted by atomic mass is 16.2. The lowest BCUT2D eigenvalue weighted by Crippen LogP contribution is -2.20. The van der Waals surface area contributed by atoms with E-state index in [2.05, 4.69) is 9.97 Å². The molecule has 0 spiro atoms. The molecule has 0 radical (unpaired) electrons. The second-order valence-corrected chi connectivity index (χ2v) is 5.91. The van der Waals surface area contributed by atoms with E-state index in [1.807, 2.05) is 31.2 Å². The molecule has 0 fully saturated rings. The maximum atomic E-state index is 12.6. The Balaban J connectivity index is 1.92. The number of aromatic nitrogens is 2. The van der Waals surface area contributed by atoms with Gasteiger partial charge in [-0.15, -0.1) is 0 Å². The van der Waals surface area contributed by atoms with E-state index in [9.17, 15) is 9.59 Å². The van der Waals surface area contributed by atoms with Crippen molar-refractivity contribution < 1.29 is 4.79 Å². The lowest BCUT2D eigenvalue weighted by molar-refractivity contribution is -0.112. The molecule has 5 heteroatoms. The summed E-state index contributed by atoms with van der Waals surface area (Å²) < 4.78 is 0. The molecule has 4 rings (SSSR count). The first kappa shape index (κ1) is 14.4. The highest BCUT2D eigenvalue weighted by molar-refractivity contribution is 6.35. The second kappa shape index (κ2) is 5.16. The summed E-state index contributed by atoms with van der Waals surface area (Å²) in [5.41, 5.74) is 3.72. The van der Waals surface area contributed by atoms with E-state index >= 15 is 0 Å². The average Bonchev–Trinajstić information content (AvgIpc) is 2.79. The van der Waals surface area contributed by atoms with Crippen molar-refractivity contribution in [2.24, 2.45) is 0 Å². The largest absolute Gasteiger partial charge is 0.311 e. The monoisotopic (exact) mass is 317 g/mol. The minimum atomic E-state index is -0.212. The third-order valence-electron chi connectivity index (χ3n) is 4.25. The van der Waals surface area contributed by atoms with Gasteiger partial charge in [0.05, 0.1) is 22.2 Å². The van der Waals surface area contributed by atoms with E-state index in [-0.39, 0.29) is 11.5 Å². The van der Waals surface area contributed by atoms with Gasteiger partial charge in [-0.3, -0.25) is 9.59 Å². The number of para-hydroxylation sites is 1. The second-order valence-electron chi connectivity index (χ2n) is 5.91. The van der Waals surface area contributed by atoms with Gasteiger partial charge in [0.15, 0.2) is 0 Å². The Hall–Kier alpha value is -3.21. The van der Waals surface area contributed by atoms with Crippen molar-refractivity contribution in [3.63, 3.8) is 0 Å². The average molecular weight is 317 g/mol. The number of benzene rings is 2. The molecule has 2 aromatic carbocycles. The zero-order chi connectivity index (χ0) is 16.8. The van der Waals surface area contributed by atoms with Crippen LogP contribution >= 0.6 is 0 Å². The number of aromatic amines is 1. The molecule has 1 amide bonds. The lowest BCUT2D eigenvalue weighted by atomic mass is 10.0. The van der Waals surface area contributed by atoms with Crippen LogP contribution < -0.4 is 10.5 Å². The number of amides is 1. The van der Waals surface area contributed by atoms with Crippen molar-refractivity contribution in [1.29, 1.82) is 0 Å². The van der Waals surface area contributed by atoms with Crippen molar-refractivity contribution >= 4 is 34.1 Å². The molecule has 0 bridgehead atoms. The van der Waals surface area contributed by atoms with Gasteiger partial charge < -0.3 is 9.88 Å². The number of fused-ring (bicyclic) bond motifs is 2. The number of rotatable bonds is 1. The summed E-state index contributed by atoms with van der Waals surface area (Å²) in [6, 6.07) is 13.0. The van der Waals surface area contributed by atoms with Crippen LogP contribution in [0, 0.1) is 6.92 Å². The zero-order valence-corrected chi connectivity index (χ0v) is 13.3. The molecular formula is C19H15N3O2. The molecule has 2 heterocycles. The molecular weight excluding hydrogens is 302 g/mol. The van der Waals surface area contributed by atoms with Crippen LogP contribution in [0.25, 0.3) is 22.6 Å². The minimum absolute atomic E-state index is 0.105. The van der Waals surface area contributed by atoms with Gasteiger partial charge in [0.2, 0.25) is 0 Å². The molecule has 0 aliphatic carbocycles. The van der Waals surface area contributed by atoms with Gasteiger partial charge in [0, 0.05) is 12.6 Å². The van der Waals surface area contributed by atoms with Crippen molar-refractivity contribution in [3.05, 3.63) is 69.8 Å². The summed E-state index contributed by atoms with van der Waals surface area (Å²) in [6.07, 6.45) is 1.65. The summed E-state index contributed by atoms with van der Waals surface area (Å²) in [6.45, 7) is 1.98. The Bertz CT molecular complexity index is 1080. The van der Waals surface area contributed by atoms with E-state index in [1.165, 1.54) is 0 Å². The molecule has 0 saturated carbocycles. The molecule has 1 aromatic heterocycles. The van der Waals surface area contributed by atoms with Crippen LogP contribution in [-0.2, 0) is 4.79 Å². The standard InChI is InChI=1S/C19H15N3O2/c1-11-7-8-16-13(9-11)14(19(24)22(16)2)10-17-20-15-6-4-3-5-12(15)18(23)21-17/h3-10H,1-2H3,(H,20,21,23)/b14-10+. The first-order valence-corrected chi connectivity index (χ1v) is 7.64. The molecule has 0 atom stereocenters. The Kier molecular flexibility index (Phi) is 3.09. The predicted molar refractivity (Wildman–Crippen MR) is 94.8 cm³/mol. The minimum Gasteiger partial charge on any atom is -0.311 e. The Morgan fingerprint density at radius 3 is 2.75 bits per heavy atom. The number of carbonyl (C=O) groups is 1. The van der Waals surface area contributed by atoms with Crippen LogP contribution in [0.15, 0.2) is 47.3 Å². The van der Waals surface area contributed by atoms with E-state index in [0.29, 0.717) is 22.3 Å². The first-order valence-electron chi connectivity index (χ1n) is 7.64. The normalized spacial score (nSPS) is 15.3. The maximum Gasteiger partial charge on any atom is 0.259 e. The van der Waals surface area contributed by atoms with Gasteiger partial charge in [-0.1, -0.05) is 23.8 Å². The third kappa shape index (κ3) is 2.13. The Labute approximate surface area is 138 Å². The topological polar surface area (TPSA) is 66.1 Å². The summed E-state index contributed by atoms with van der Waals surface area (Å²) in [4.78, 5) is 33.6. The molecule has 0 saturated heterocycles. The summed E-state index contributed by atoms with van der Waals surface area (Å²) in [5.74, 6) is 0.274. The SMILES string of the molecule is Cc1ccc2c(c1)/C(=C\c1nc3ccccc3c(=O)[nH]1)C(=O)N2C. The molecule has 3 aromatic rings. The van der Waals surface area contributed by atoms with Crippen molar-refractivity contribution in [2.45, 2.75) is 6.92 Å². The van der Waals surface area contributed by atoms with E-state index in [0.717, 1.165) is 16.8 Å². The number of anilines is 1. The van der Waals surface area contributed by atoms with E-state index in [1.54, 1.807) is 36.2 Å². The number of H-pyrrole nitrogens is 1. The van der Waals surface area contributed by atoms with Crippen molar-refractivity contribution in [3.8, 4) is 0 Å². The number of nitrogens with zero attached hydrogens (tertiary/aromatic N) is 2. The van der Waals surface area contributed by atoms with Crippen molar-refractivity contribution in [1.82, 2.24) is 9.97 Å². The first-order chi connectivity index (χ1) is 11.5. The van der Waals surface area contributed by atoms with Crippen molar-refractivity contribution in [2.75, 3.05) is 11.9 Å². The zero-order valence-electron chi connectivity index (χ0n) is 13.3. The predicted octanol–water partition coefficient (Wildman–Crippen LogP) is 2.75. The fourth-order valence-corrected chi connectivity index (χ4v) is 3.01. The van der Waals surface area contributed by atoms with Gasteiger partial charge in [0.25, 0.3) is 11.5 Å². The number of nitrogens with one attached hydrogen (secondary N) is 1. The Morgan fingerprint density at radius 1 is 1.12 bits per heavy atom. The molecule has 118 valence electrons. The highest BCUT2D eigenvalue weighted by Gasteiger charge is 2.29. The molecule has 24 heavy (non-hydrogen) atoms. The van der Waals surface area contributed by atoms with E-state index in [4.69, 9.17) is 0 Å². The van der Waals surface area contributed by atoms with Gasteiger partial charge in [-0.25, -0.2) is 4.98 Å². The number of hydrogen-bond acceptors (Lipinski definition) is 3. The fourth-order valence-electron chi connectivity index (χ4n) is 3.01. The van der Waals surface area contributed by atoms with Gasteiger partial charge >= 0.3 is 0 Å². The van der Waals surface area contributed by atoms with Crippen LogP contribution in [0.5, 0.6) is 0 Å². The van der Waals surface area contributed by atoms with Gasteiger partial charge in [-0.2, -0.15) is 0 Å². The van der Waals surface area contributed by atoms with Gasteiger partial charge in [0.1, 0.15) is 5.82 Å². The summed E-state index contributed by atoms with van der Waals surface area (Å²) in [5, 5.41) is 0.533. The molecule has 5 nitrogen and oxygen atoms in total. The molecule has 0 unspecified atom stereocenters. The number of aryl methyl sites for hydroxylation is 1. The number of carbonyl (C=O) groups excluding carboxylic acids is 1. The quantitative estimate of drug-likeness (QED) is 0.702. The van der Waals surface area contributed by atoms with Crippen LogP contribution in [0.4, 0.5) is 5.69 Å². The smallest absolute Gasteiger partial charge is 0.259 e. The molecule has 1 aliphatic rings. The van der Waals surface area contributed by atoms with Crippen LogP contribution in [0.1, 0.15) is 17.0 Å². The summed E-state index contributed by atoms with van der Waals surface area (Å²) >= 11 is 0. The third-order valence-corrected chi connectivity index (χ3v) is 4.25. The van der Waals surface area contributed by atoms with Crippen LogP contribution in [0.3, 0.4) is 0 Å². The Morgan fingerprint density at radius 2 is 1.92 bits per heavy atom. The van der Waals surface area contributed by atoms with Gasteiger partial charge in [-0.05, 0) is 37.3 Å². The number of likely N-dealkylation sites (N-methyl/N-ethyl adjacent to an activating group) is 1. The molecule has 1 N–H and O–H groups in total. The van der Waals surface area contributed by atoms with Crippen LogP contribution in [-0.4, -0.2) is 22.9 Å². The highest BCUT2D eigenvalue weighted by Crippen LogP contribution is 2.36. The summed E-state index contributed by atoms with van der Waals surface area (Å²) in [7, 11) is 1.74. The van der Waals surface area contributed by atoms with Crippen LogP contribution in [0.2, 0.25) is 0 Å². The van der Waals surface area contributed by atoms with E-state index < -0.39 is 0 Å². The lowest BCUT2D eigenvalue weighted by Gasteiger charge is -2.08. The molecule has 1 aliphatic heterocycles.